The molecule has 0 radical (unpaired) electrons. The maximum atomic E-state index is 13.6. The lowest BCUT2D eigenvalue weighted by molar-refractivity contribution is -0.121. The van der Waals surface area contributed by atoms with Crippen LogP contribution in [0, 0.1) is 26.2 Å². The number of nitrogens with zero attached hydrogens (tertiary/aromatic N) is 1. The molecule has 0 heterocycles. The van der Waals surface area contributed by atoms with E-state index in [1.807, 2.05) is 84.0 Å². The molecular weight excluding hydrogens is 396 g/mol. The van der Waals surface area contributed by atoms with Gasteiger partial charge in [0, 0.05) is 13.1 Å². The van der Waals surface area contributed by atoms with Crippen LogP contribution >= 0.6 is 0 Å². The van der Waals surface area contributed by atoms with Crippen LogP contribution in [0.3, 0.4) is 0 Å². The zero-order valence-corrected chi connectivity index (χ0v) is 19.8. The molecule has 0 saturated heterocycles. The predicted octanol–water partition coefficient (Wildman–Crippen LogP) is 4.01. The number of carbonyl (C=O) groups is 1. The summed E-state index contributed by atoms with van der Waals surface area (Å²) in [5.41, 5.74) is 3.38. The van der Waals surface area contributed by atoms with Gasteiger partial charge in [0.1, 0.15) is 0 Å². The molecule has 0 atom stereocenters. The SMILES string of the molecule is Cc1cc(C)c(S(=O)(=O)N(CCc2ccccc2)CC(=O)NCC(C)(C)C)c(C)c1. The molecule has 2 aromatic carbocycles. The molecule has 0 aliphatic heterocycles. The lowest BCUT2D eigenvalue weighted by atomic mass is 9.97. The second kappa shape index (κ2) is 9.75. The second-order valence-electron chi connectivity index (χ2n) is 9.14. The van der Waals surface area contributed by atoms with E-state index in [1.54, 1.807) is 0 Å². The minimum absolute atomic E-state index is 0.0759. The number of nitrogens with one attached hydrogen (secondary N) is 1. The Balaban J connectivity index is 2.32. The van der Waals surface area contributed by atoms with Crippen molar-refractivity contribution in [3.05, 3.63) is 64.7 Å². The first kappa shape index (κ1) is 24.1. The van der Waals surface area contributed by atoms with Crippen molar-refractivity contribution in [2.24, 2.45) is 5.41 Å². The first-order valence-electron chi connectivity index (χ1n) is 10.3. The molecule has 1 amide bonds. The summed E-state index contributed by atoms with van der Waals surface area (Å²) < 4.78 is 28.5. The maximum Gasteiger partial charge on any atom is 0.244 e. The molecule has 0 fully saturated rings. The van der Waals surface area contributed by atoms with E-state index in [1.165, 1.54) is 4.31 Å². The van der Waals surface area contributed by atoms with E-state index in [0.717, 1.165) is 11.1 Å². The largest absolute Gasteiger partial charge is 0.354 e. The Morgan fingerprint density at radius 2 is 1.57 bits per heavy atom. The Labute approximate surface area is 181 Å². The molecule has 5 nitrogen and oxygen atoms in total. The normalized spacial score (nSPS) is 12.2. The number of hydrogen-bond donors (Lipinski definition) is 1. The highest BCUT2D eigenvalue weighted by Crippen LogP contribution is 2.25. The number of carbonyl (C=O) groups excluding carboxylic acids is 1. The lowest BCUT2D eigenvalue weighted by Gasteiger charge is -2.25. The van der Waals surface area contributed by atoms with Crippen molar-refractivity contribution in [3.63, 3.8) is 0 Å². The average molecular weight is 431 g/mol. The molecule has 0 unspecified atom stereocenters. The van der Waals surface area contributed by atoms with Crippen molar-refractivity contribution in [1.29, 1.82) is 0 Å². The fourth-order valence-corrected chi connectivity index (χ4v) is 5.27. The third-order valence-electron chi connectivity index (χ3n) is 4.83. The van der Waals surface area contributed by atoms with Crippen molar-refractivity contribution < 1.29 is 13.2 Å². The molecule has 0 spiro atoms. The summed E-state index contributed by atoms with van der Waals surface area (Å²) in [5.74, 6) is -0.288. The van der Waals surface area contributed by atoms with Crippen LogP contribution in [0.25, 0.3) is 0 Å². The van der Waals surface area contributed by atoms with Gasteiger partial charge in [-0.1, -0.05) is 68.8 Å². The zero-order chi connectivity index (χ0) is 22.5. The molecule has 0 saturated carbocycles. The van der Waals surface area contributed by atoms with Crippen molar-refractivity contribution >= 4 is 15.9 Å². The Kier molecular flexibility index (Phi) is 7.83. The van der Waals surface area contributed by atoms with Crippen LogP contribution in [0.2, 0.25) is 0 Å². The Hall–Kier alpha value is -2.18. The van der Waals surface area contributed by atoms with Gasteiger partial charge in [0.05, 0.1) is 11.4 Å². The Bertz CT molecular complexity index is 954. The van der Waals surface area contributed by atoms with Gasteiger partial charge in [-0.25, -0.2) is 8.42 Å². The van der Waals surface area contributed by atoms with Crippen LogP contribution in [-0.4, -0.2) is 38.3 Å². The third kappa shape index (κ3) is 6.67. The van der Waals surface area contributed by atoms with Gasteiger partial charge in [-0.05, 0) is 49.3 Å². The van der Waals surface area contributed by atoms with E-state index in [-0.39, 0.29) is 24.4 Å². The molecular formula is C24H34N2O3S. The minimum atomic E-state index is -3.83. The highest BCUT2D eigenvalue weighted by molar-refractivity contribution is 7.89. The molecule has 0 aliphatic rings. The smallest absolute Gasteiger partial charge is 0.244 e. The third-order valence-corrected chi connectivity index (χ3v) is 6.98. The van der Waals surface area contributed by atoms with E-state index in [0.29, 0.717) is 29.0 Å². The van der Waals surface area contributed by atoms with Crippen molar-refractivity contribution in [2.45, 2.75) is 52.9 Å². The van der Waals surface area contributed by atoms with Gasteiger partial charge in [0.2, 0.25) is 15.9 Å². The van der Waals surface area contributed by atoms with Gasteiger partial charge in [-0.2, -0.15) is 4.31 Å². The molecule has 6 heteroatoms. The van der Waals surface area contributed by atoms with Gasteiger partial charge in [0.25, 0.3) is 0 Å². The highest BCUT2D eigenvalue weighted by Gasteiger charge is 2.29. The van der Waals surface area contributed by atoms with Crippen LogP contribution in [0.4, 0.5) is 0 Å². The maximum absolute atomic E-state index is 13.6. The molecule has 164 valence electrons. The summed E-state index contributed by atoms with van der Waals surface area (Å²) in [7, 11) is -3.83. The van der Waals surface area contributed by atoms with E-state index < -0.39 is 10.0 Å². The first-order chi connectivity index (χ1) is 13.9. The van der Waals surface area contributed by atoms with Crippen LogP contribution in [0.15, 0.2) is 47.4 Å². The second-order valence-corrected chi connectivity index (χ2v) is 11.0. The molecule has 2 rings (SSSR count). The number of sulfonamides is 1. The number of benzene rings is 2. The van der Waals surface area contributed by atoms with E-state index in [2.05, 4.69) is 5.32 Å². The summed E-state index contributed by atoms with van der Waals surface area (Å²) in [4.78, 5) is 12.9. The Morgan fingerprint density at radius 1 is 1.00 bits per heavy atom. The van der Waals surface area contributed by atoms with Crippen LogP contribution in [0.5, 0.6) is 0 Å². The van der Waals surface area contributed by atoms with Gasteiger partial charge < -0.3 is 5.32 Å². The van der Waals surface area contributed by atoms with Crippen molar-refractivity contribution in [2.75, 3.05) is 19.6 Å². The lowest BCUT2D eigenvalue weighted by Crippen LogP contribution is -2.43. The Morgan fingerprint density at radius 3 is 2.10 bits per heavy atom. The van der Waals surface area contributed by atoms with Gasteiger partial charge in [-0.15, -0.1) is 0 Å². The molecule has 1 N–H and O–H groups in total. The average Bonchev–Trinajstić information content (AvgIpc) is 2.62. The summed E-state index contributed by atoms with van der Waals surface area (Å²) in [5, 5.41) is 2.87. The van der Waals surface area contributed by atoms with Gasteiger partial charge in [-0.3, -0.25) is 4.79 Å². The van der Waals surface area contributed by atoms with Crippen molar-refractivity contribution in [3.8, 4) is 0 Å². The predicted molar refractivity (Wildman–Crippen MR) is 122 cm³/mol. The fraction of sp³-hybridized carbons (Fsp3) is 0.458. The number of aryl methyl sites for hydroxylation is 3. The summed E-state index contributed by atoms with van der Waals surface area (Å²) >= 11 is 0. The standard InChI is InChI=1S/C24H34N2O3S/c1-18-14-19(2)23(20(3)15-18)30(28,29)26(13-12-21-10-8-7-9-11-21)16-22(27)25-17-24(4,5)6/h7-11,14-15H,12-13,16-17H2,1-6H3,(H,25,27). The highest BCUT2D eigenvalue weighted by atomic mass is 32.2. The molecule has 0 aromatic heterocycles. The van der Waals surface area contributed by atoms with E-state index >= 15 is 0 Å². The summed E-state index contributed by atoms with van der Waals surface area (Å²) in [6.45, 7) is 12.2. The summed E-state index contributed by atoms with van der Waals surface area (Å²) in [6.07, 6.45) is 0.538. The number of amides is 1. The zero-order valence-electron chi connectivity index (χ0n) is 19.0. The van der Waals surface area contributed by atoms with E-state index in [9.17, 15) is 13.2 Å². The topological polar surface area (TPSA) is 66.5 Å². The van der Waals surface area contributed by atoms with Crippen LogP contribution < -0.4 is 5.32 Å². The van der Waals surface area contributed by atoms with Crippen LogP contribution in [-0.2, 0) is 21.2 Å². The molecule has 0 aliphatic carbocycles. The van der Waals surface area contributed by atoms with Crippen molar-refractivity contribution in [1.82, 2.24) is 9.62 Å². The van der Waals surface area contributed by atoms with Gasteiger partial charge in [0.15, 0.2) is 0 Å². The fourth-order valence-electron chi connectivity index (χ4n) is 3.47. The molecule has 2 aromatic rings. The monoisotopic (exact) mass is 430 g/mol. The molecule has 30 heavy (non-hydrogen) atoms. The minimum Gasteiger partial charge on any atom is -0.354 e. The number of hydrogen-bond acceptors (Lipinski definition) is 3. The number of rotatable bonds is 8. The van der Waals surface area contributed by atoms with E-state index in [4.69, 9.17) is 0 Å². The van der Waals surface area contributed by atoms with Gasteiger partial charge >= 0.3 is 0 Å². The van der Waals surface area contributed by atoms with Crippen LogP contribution in [0.1, 0.15) is 43.0 Å². The quantitative estimate of drug-likeness (QED) is 0.688. The summed E-state index contributed by atoms with van der Waals surface area (Å²) in [6, 6.07) is 13.5. The first-order valence-corrected chi connectivity index (χ1v) is 11.7. The molecule has 0 bridgehead atoms.